The van der Waals surface area contributed by atoms with E-state index >= 15 is 0 Å². The first kappa shape index (κ1) is 12.2. The minimum absolute atomic E-state index is 0.0695. The minimum atomic E-state index is -0.712. The van der Waals surface area contributed by atoms with E-state index in [4.69, 9.17) is 9.47 Å². The lowest BCUT2D eigenvalue weighted by Crippen LogP contribution is -2.55. The monoisotopic (exact) mass is 279 g/mol. The largest absolute Gasteiger partial charge is 0.472 e. The fourth-order valence-electron chi connectivity index (χ4n) is 2.30. The molecule has 2 fully saturated rings. The van der Waals surface area contributed by atoms with Gasteiger partial charge in [-0.3, -0.25) is 9.69 Å². The molecule has 0 aliphatic carbocycles. The zero-order valence-corrected chi connectivity index (χ0v) is 11.2. The maximum absolute atomic E-state index is 11.8. The molecule has 0 saturated carbocycles. The molecule has 2 aliphatic heterocycles. The highest BCUT2D eigenvalue weighted by atomic mass is 32.1. The Morgan fingerprint density at radius 1 is 1.68 bits per heavy atom. The van der Waals surface area contributed by atoms with Crippen LogP contribution >= 0.6 is 11.3 Å². The van der Waals surface area contributed by atoms with Gasteiger partial charge in [0.1, 0.15) is 5.76 Å². The molecule has 6 heteroatoms. The van der Waals surface area contributed by atoms with Crippen molar-refractivity contribution in [2.45, 2.75) is 25.1 Å². The smallest absolute Gasteiger partial charge is 0.336 e. The summed E-state index contributed by atoms with van der Waals surface area (Å²) in [5.74, 6) is 0.00371. The topological polar surface area (TPSA) is 55.8 Å². The van der Waals surface area contributed by atoms with Crippen molar-refractivity contribution in [2.24, 2.45) is 0 Å². The Labute approximate surface area is 114 Å². The van der Waals surface area contributed by atoms with Crippen LogP contribution in [0.25, 0.3) is 0 Å². The molecule has 1 aromatic rings. The molecule has 1 amide bonds. The number of β-lactam (4-membered cyclic amide) rings is 1. The number of allylic oxidation sites excluding steroid dienone is 1. The maximum atomic E-state index is 11.8. The highest BCUT2D eigenvalue weighted by molar-refractivity contribution is 7.09. The number of hydrogen-bond donors (Lipinski definition) is 0. The zero-order valence-electron chi connectivity index (χ0n) is 10.4. The van der Waals surface area contributed by atoms with Gasteiger partial charge in [-0.15, -0.1) is 11.3 Å². The summed E-state index contributed by atoms with van der Waals surface area (Å²) in [6.07, 6.45) is 2.59. The van der Waals surface area contributed by atoms with Gasteiger partial charge >= 0.3 is 5.97 Å². The molecular formula is C13H13NO4S. The van der Waals surface area contributed by atoms with Gasteiger partial charge in [-0.25, -0.2) is 4.79 Å². The van der Waals surface area contributed by atoms with Crippen LogP contribution in [0.2, 0.25) is 0 Å². The SMILES string of the molecule is COC(=O)C1C(=CCc2cccs2)OC2CC(=O)N21. The summed E-state index contributed by atoms with van der Waals surface area (Å²) in [5.41, 5.74) is 0. The first-order chi connectivity index (χ1) is 9.20. The number of hydrogen-bond acceptors (Lipinski definition) is 5. The normalized spacial score (nSPS) is 26.9. The van der Waals surface area contributed by atoms with Crippen molar-refractivity contribution in [2.75, 3.05) is 7.11 Å². The molecule has 2 saturated heterocycles. The van der Waals surface area contributed by atoms with Crippen LogP contribution in [0.4, 0.5) is 0 Å². The quantitative estimate of drug-likeness (QED) is 0.618. The van der Waals surface area contributed by atoms with Crippen molar-refractivity contribution in [3.05, 3.63) is 34.2 Å². The van der Waals surface area contributed by atoms with Gasteiger partial charge in [-0.05, 0) is 17.5 Å². The van der Waals surface area contributed by atoms with Crippen LogP contribution in [0.15, 0.2) is 29.3 Å². The second-order valence-electron chi connectivity index (χ2n) is 4.39. The van der Waals surface area contributed by atoms with Crippen molar-refractivity contribution in [1.82, 2.24) is 4.90 Å². The summed E-state index contributed by atoms with van der Waals surface area (Å²) in [6, 6.07) is 3.28. The number of amides is 1. The predicted molar refractivity (Wildman–Crippen MR) is 68.2 cm³/mol. The predicted octanol–water partition coefficient (Wildman–Crippen LogP) is 1.30. The summed E-state index contributed by atoms with van der Waals surface area (Å²) in [7, 11) is 1.32. The molecule has 0 spiro atoms. The van der Waals surface area contributed by atoms with Gasteiger partial charge in [0.15, 0.2) is 12.3 Å². The van der Waals surface area contributed by atoms with Gasteiger partial charge in [0.05, 0.1) is 13.5 Å². The fourth-order valence-corrected chi connectivity index (χ4v) is 2.97. The third-order valence-corrected chi connectivity index (χ3v) is 4.17. The Kier molecular flexibility index (Phi) is 3.02. The highest BCUT2D eigenvalue weighted by Gasteiger charge is 2.53. The molecule has 0 N–H and O–H groups in total. The number of thiophene rings is 1. The minimum Gasteiger partial charge on any atom is -0.472 e. The molecular weight excluding hydrogens is 266 g/mol. The molecule has 2 aliphatic rings. The Morgan fingerprint density at radius 3 is 3.16 bits per heavy atom. The van der Waals surface area contributed by atoms with Gasteiger partial charge < -0.3 is 9.47 Å². The van der Waals surface area contributed by atoms with E-state index in [-0.39, 0.29) is 12.1 Å². The molecule has 3 heterocycles. The summed E-state index contributed by atoms with van der Waals surface area (Å²) in [4.78, 5) is 26.0. The molecule has 0 radical (unpaired) electrons. The van der Waals surface area contributed by atoms with E-state index in [1.807, 2.05) is 23.6 Å². The van der Waals surface area contributed by atoms with Crippen molar-refractivity contribution >= 4 is 23.2 Å². The molecule has 100 valence electrons. The van der Waals surface area contributed by atoms with Crippen molar-refractivity contribution in [3.63, 3.8) is 0 Å². The highest BCUT2D eigenvalue weighted by Crippen LogP contribution is 2.37. The van der Waals surface area contributed by atoms with Gasteiger partial charge in [0.25, 0.3) is 0 Å². The summed E-state index contributed by atoms with van der Waals surface area (Å²) in [6.45, 7) is 0. The zero-order chi connectivity index (χ0) is 13.4. The van der Waals surface area contributed by atoms with Gasteiger partial charge in [-0.2, -0.15) is 0 Å². The van der Waals surface area contributed by atoms with E-state index in [2.05, 4.69) is 0 Å². The van der Waals surface area contributed by atoms with Crippen LogP contribution < -0.4 is 0 Å². The van der Waals surface area contributed by atoms with Crippen molar-refractivity contribution < 1.29 is 19.1 Å². The van der Waals surface area contributed by atoms with Crippen LogP contribution in [-0.4, -0.2) is 36.2 Å². The molecule has 1 aromatic heterocycles. The third kappa shape index (κ3) is 2.02. The van der Waals surface area contributed by atoms with E-state index in [0.717, 1.165) is 0 Å². The summed E-state index contributed by atoms with van der Waals surface area (Å²) >= 11 is 1.64. The van der Waals surface area contributed by atoms with E-state index in [1.165, 1.54) is 16.9 Å². The number of rotatable bonds is 3. The Bertz CT molecular complexity index is 537. The maximum Gasteiger partial charge on any atom is 0.336 e. The average molecular weight is 279 g/mol. The number of esters is 1. The number of carbonyl (C=O) groups excluding carboxylic acids is 2. The lowest BCUT2D eigenvalue weighted by Gasteiger charge is -2.33. The van der Waals surface area contributed by atoms with E-state index in [9.17, 15) is 9.59 Å². The standard InChI is InChI=1S/C13H13NO4S/c1-17-13(16)12-9(5-4-8-3-2-6-19-8)18-11-7-10(15)14(11)12/h2-3,5-6,11-12H,4,7H2,1H3. The van der Waals surface area contributed by atoms with Crippen molar-refractivity contribution in [3.8, 4) is 0 Å². The fraction of sp³-hybridized carbons (Fsp3) is 0.385. The number of ether oxygens (including phenoxy) is 2. The first-order valence-electron chi connectivity index (χ1n) is 5.99. The second kappa shape index (κ2) is 4.70. The van der Waals surface area contributed by atoms with Crippen LogP contribution in [0.3, 0.4) is 0 Å². The number of carbonyl (C=O) groups is 2. The molecule has 0 bridgehead atoms. The van der Waals surface area contributed by atoms with Crippen LogP contribution in [-0.2, 0) is 25.5 Å². The van der Waals surface area contributed by atoms with Crippen LogP contribution in [0, 0.1) is 0 Å². The van der Waals surface area contributed by atoms with E-state index in [0.29, 0.717) is 18.6 Å². The van der Waals surface area contributed by atoms with Crippen molar-refractivity contribution in [1.29, 1.82) is 0 Å². The lowest BCUT2D eigenvalue weighted by atomic mass is 10.1. The Morgan fingerprint density at radius 2 is 2.53 bits per heavy atom. The molecule has 3 rings (SSSR count). The lowest BCUT2D eigenvalue weighted by molar-refractivity contribution is -0.164. The van der Waals surface area contributed by atoms with Gasteiger partial charge in [-0.1, -0.05) is 6.07 Å². The van der Waals surface area contributed by atoms with Gasteiger partial charge in [0.2, 0.25) is 5.91 Å². The van der Waals surface area contributed by atoms with Crippen LogP contribution in [0.1, 0.15) is 11.3 Å². The molecule has 19 heavy (non-hydrogen) atoms. The average Bonchev–Trinajstić information content (AvgIpc) is 3.00. The molecule has 2 unspecified atom stereocenters. The van der Waals surface area contributed by atoms with Gasteiger partial charge in [0, 0.05) is 11.3 Å². The van der Waals surface area contributed by atoms with Crippen LogP contribution in [0.5, 0.6) is 0 Å². The first-order valence-corrected chi connectivity index (χ1v) is 6.86. The Hall–Kier alpha value is -1.82. The second-order valence-corrected chi connectivity index (χ2v) is 5.43. The Balaban J connectivity index is 1.81. The number of nitrogens with zero attached hydrogens (tertiary/aromatic N) is 1. The molecule has 2 atom stereocenters. The summed E-state index contributed by atoms with van der Waals surface area (Å²) < 4.78 is 10.4. The number of fused-ring (bicyclic) bond motifs is 1. The molecule has 0 aromatic carbocycles. The third-order valence-electron chi connectivity index (χ3n) is 3.28. The number of methoxy groups -OCH3 is 1. The summed E-state index contributed by atoms with van der Waals surface area (Å²) in [5, 5.41) is 2.00. The van der Waals surface area contributed by atoms with E-state index in [1.54, 1.807) is 11.3 Å². The van der Waals surface area contributed by atoms with E-state index < -0.39 is 12.0 Å². The molecule has 5 nitrogen and oxygen atoms in total.